The molecule has 0 fully saturated rings. The number of aromatic nitrogens is 1. The second-order valence-electron chi connectivity index (χ2n) is 3.33. The van der Waals surface area contributed by atoms with Crippen molar-refractivity contribution in [3.8, 4) is 11.1 Å². The quantitative estimate of drug-likeness (QED) is 0.594. The molecule has 0 N–H and O–H groups in total. The lowest BCUT2D eigenvalue weighted by Crippen LogP contribution is -1.78. The summed E-state index contributed by atoms with van der Waals surface area (Å²) in [6.45, 7) is 0. The lowest BCUT2D eigenvalue weighted by molar-refractivity contribution is 0.616. The average molecular weight is 194 g/mol. The number of rotatable bonds is 1. The Hall–Kier alpha value is -2.09. The fraction of sp³-hybridized carbons (Fsp3) is 0. The van der Waals surface area contributed by atoms with Gasteiger partial charge in [-0.1, -0.05) is 6.07 Å². The van der Waals surface area contributed by atoms with Crippen molar-refractivity contribution in [2.75, 3.05) is 0 Å². The summed E-state index contributed by atoms with van der Waals surface area (Å²) in [7, 11) is 0. The molecular weight excluding hydrogens is 186 g/mol. The van der Waals surface area contributed by atoms with Gasteiger partial charge in [-0.05, 0) is 35.9 Å². The van der Waals surface area contributed by atoms with Gasteiger partial charge in [-0.25, -0.2) is 0 Å². The van der Waals surface area contributed by atoms with Crippen molar-refractivity contribution < 1.29 is 4.42 Å². The standard InChI is InChI=1S/C13H8NO/c1-2-12(9-14-6-1)11-4-3-10-5-7-15-13(10)8-11/h1-2,4-9H. The minimum absolute atomic E-state index is 0.858. The molecule has 1 aromatic carbocycles. The van der Waals surface area contributed by atoms with Crippen molar-refractivity contribution in [2.45, 2.75) is 0 Å². The van der Waals surface area contributed by atoms with Gasteiger partial charge in [0.25, 0.3) is 0 Å². The first kappa shape index (κ1) is 8.24. The van der Waals surface area contributed by atoms with Gasteiger partial charge in [0.05, 0.1) is 6.26 Å². The molecule has 0 aliphatic carbocycles. The fourth-order valence-corrected chi connectivity index (χ4v) is 1.59. The lowest BCUT2D eigenvalue weighted by atomic mass is 10.1. The van der Waals surface area contributed by atoms with Crippen molar-refractivity contribution in [3.05, 3.63) is 55.1 Å². The molecule has 0 spiro atoms. The van der Waals surface area contributed by atoms with Crippen molar-refractivity contribution in [2.24, 2.45) is 0 Å². The average Bonchev–Trinajstić information content (AvgIpc) is 2.77. The molecule has 2 aromatic heterocycles. The molecule has 0 aliphatic rings. The zero-order valence-electron chi connectivity index (χ0n) is 7.97. The summed E-state index contributed by atoms with van der Waals surface area (Å²) in [4.78, 5) is 4.08. The van der Waals surface area contributed by atoms with Crippen molar-refractivity contribution in [3.63, 3.8) is 0 Å². The van der Waals surface area contributed by atoms with Gasteiger partial charge in [0.1, 0.15) is 5.58 Å². The summed E-state index contributed by atoms with van der Waals surface area (Å²) in [5, 5.41) is 1.00. The van der Waals surface area contributed by atoms with Crippen molar-refractivity contribution >= 4 is 11.0 Å². The predicted octanol–water partition coefficient (Wildman–Crippen LogP) is 3.29. The Morgan fingerprint density at radius 1 is 1.20 bits per heavy atom. The Bertz CT molecular complexity index is 584. The first-order valence-electron chi connectivity index (χ1n) is 4.73. The molecule has 15 heavy (non-hydrogen) atoms. The summed E-state index contributed by atoms with van der Waals surface area (Å²) in [5.41, 5.74) is 3.01. The number of pyridine rings is 1. The zero-order valence-corrected chi connectivity index (χ0v) is 7.97. The van der Waals surface area contributed by atoms with E-state index in [0.717, 1.165) is 22.1 Å². The highest BCUT2D eigenvalue weighted by molar-refractivity contribution is 5.82. The largest absolute Gasteiger partial charge is 0.464 e. The number of furan rings is 1. The second-order valence-corrected chi connectivity index (χ2v) is 3.33. The number of benzene rings is 1. The van der Waals surface area contributed by atoms with Crippen LogP contribution in [0, 0.1) is 6.07 Å². The molecule has 0 amide bonds. The van der Waals surface area contributed by atoms with Gasteiger partial charge in [0, 0.05) is 23.3 Å². The Morgan fingerprint density at radius 2 is 2.20 bits per heavy atom. The summed E-state index contributed by atoms with van der Waals surface area (Å²) in [6.07, 6.45) is 5.27. The van der Waals surface area contributed by atoms with Crippen LogP contribution in [0.2, 0.25) is 0 Å². The highest BCUT2D eigenvalue weighted by Crippen LogP contribution is 2.23. The van der Waals surface area contributed by atoms with Gasteiger partial charge >= 0.3 is 0 Å². The molecule has 0 aliphatic heterocycles. The van der Waals surface area contributed by atoms with E-state index in [1.54, 1.807) is 12.5 Å². The second kappa shape index (κ2) is 3.24. The normalized spacial score (nSPS) is 10.7. The molecule has 1 radical (unpaired) electrons. The minimum Gasteiger partial charge on any atom is -0.464 e. The molecule has 0 unspecified atom stereocenters. The molecule has 2 heterocycles. The molecule has 2 nitrogen and oxygen atoms in total. The summed E-state index contributed by atoms with van der Waals surface area (Å²) < 4.78 is 5.33. The van der Waals surface area contributed by atoms with Crippen LogP contribution in [-0.2, 0) is 0 Å². The van der Waals surface area contributed by atoms with Crippen LogP contribution in [0.15, 0.2) is 53.4 Å². The number of nitrogens with zero attached hydrogens (tertiary/aromatic N) is 1. The molecule has 3 aromatic rings. The van der Waals surface area contributed by atoms with Gasteiger partial charge in [-0.15, -0.1) is 0 Å². The molecular formula is C13H8NO. The SMILES string of the molecule is [c]1cc(-c2cccnc2)cc2occc12. The van der Waals surface area contributed by atoms with E-state index in [1.165, 1.54) is 0 Å². The summed E-state index contributed by atoms with van der Waals surface area (Å²) in [6, 6.07) is 13.0. The molecule has 71 valence electrons. The minimum atomic E-state index is 0.858. The number of hydrogen-bond acceptors (Lipinski definition) is 2. The Labute approximate surface area is 87.2 Å². The molecule has 2 heteroatoms. The fourth-order valence-electron chi connectivity index (χ4n) is 1.59. The van der Waals surface area contributed by atoms with Crippen LogP contribution in [0.1, 0.15) is 0 Å². The van der Waals surface area contributed by atoms with Crippen molar-refractivity contribution in [1.82, 2.24) is 4.98 Å². The summed E-state index contributed by atoms with van der Waals surface area (Å²) in [5.74, 6) is 0. The molecule has 0 saturated carbocycles. The van der Waals surface area contributed by atoms with E-state index in [0.29, 0.717) is 0 Å². The van der Waals surface area contributed by atoms with Gasteiger partial charge in [0.15, 0.2) is 0 Å². The van der Waals surface area contributed by atoms with Crippen LogP contribution >= 0.6 is 0 Å². The third-order valence-corrected chi connectivity index (χ3v) is 2.36. The van der Waals surface area contributed by atoms with Gasteiger partial charge < -0.3 is 4.42 Å². The third kappa shape index (κ3) is 1.40. The first-order valence-corrected chi connectivity index (χ1v) is 4.73. The number of hydrogen-bond donors (Lipinski definition) is 0. The van der Waals surface area contributed by atoms with E-state index in [-0.39, 0.29) is 0 Å². The van der Waals surface area contributed by atoms with Crippen LogP contribution in [0.3, 0.4) is 0 Å². The van der Waals surface area contributed by atoms with E-state index in [9.17, 15) is 0 Å². The van der Waals surface area contributed by atoms with E-state index in [4.69, 9.17) is 4.42 Å². The van der Waals surface area contributed by atoms with Crippen LogP contribution in [0.5, 0.6) is 0 Å². The van der Waals surface area contributed by atoms with E-state index < -0.39 is 0 Å². The maximum absolute atomic E-state index is 5.33. The zero-order chi connectivity index (χ0) is 10.1. The van der Waals surface area contributed by atoms with Crippen LogP contribution < -0.4 is 0 Å². The molecule has 3 rings (SSSR count). The van der Waals surface area contributed by atoms with Crippen molar-refractivity contribution in [1.29, 1.82) is 0 Å². The third-order valence-electron chi connectivity index (χ3n) is 2.36. The van der Waals surface area contributed by atoms with E-state index in [1.807, 2.05) is 36.5 Å². The first-order chi connectivity index (χ1) is 7.43. The smallest absolute Gasteiger partial charge is 0.135 e. The number of fused-ring (bicyclic) bond motifs is 1. The maximum Gasteiger partial charge on any atom is 0.135 e. The Balaban J connectivity index is 2.19. The predicted molar refractivity (Wildman–Crippen MR) is 58.3 cm³/mol. The Morgan fingerprint density at radius 3 is 3.07 bits per heavy atom. The Kier molecular flexibility index (Phi) is 1.78. The highest BCUT2D eigenvalue weighted by atomic mass is 16.3. The monoisotopic (exact) mass is 194 g/mol. The highest BCUT2D eigenvalue weighted by Gasteiger charge is 2.01. The van der Waals surface area contributed by atoms with Crippen LogP contribution in [0.25, 0.3) is 22.1 Å². The lowest BCUT2D eigenvalue weighted by Gasteiger charge is -1.99. The van der Waals surface area contributed by atoms with E-state index in [2.05, 4.69) is 11.1 Å². The maximum atomic E-state index is 5.33. The summed E-state index contributed by atoms with van der Waals surface area (Å²) >= 11 is 0. The van der Waals surface area contributed by atoms with E-state index >= 15 is 0 Å². The van der Waals surface area contributed by atoms with Crippen LogP contribution in [-0.4, -0.2) is 4.98 Å². The van der Waals surface area contributed by atoms with Gasteiger partial charge in [-0.2, -0.15) is 0 Å². The molecule has 0 atom stereocenters. The van der Waals surface area contributed by atoms with Gasteiger partial charge in [0.2, 0.25) is 0 Å². The topological polar surface area (TPSA) is 26.0 Å². The van der Waals surface area contributed by atoms with Gasteiger partial charge in [-0.3, -0.25) is 4.98 Å². The molecule has 0 saturated heterocycles. The van der Waals surface area contributed by atoms with Crippen LogP contribution in [0.4, 0.5) is 0 Å². The molecule has 0 bridgehead atoms.